The van der Waals surface area contributed by atoms with Crippen molar-refractivity contribution >= 4 is 5.78 Å². The van der Waals surface area contributed by atoms with Crippen LogP contribution < -0.4 is 0 Å². The van der Waals surface area contributed by atoms with Crippen molar-refractivity contribution in [3.05, 3.63) is 59.7 Å². The molecule has 1 aromatic heterocycles. The van der Waals surface area contributed by atoms with Gasteiger partial charge in [-0.3, -0.25) is 4.79 Å². The molecule has 3 nitrogen and oxygen atoms in total. The van der Waals surface area contributed by atoms with Gasteiger partial charge in [0.2, 0.25) is 0 Å². The molecule has 0 aliphatic rings. The lowest BCUT2D eigenvalue weighted by Gasteiger charge is -2.03. The van der Waals surface area contributed by atoms with E-state index in [-0.39, 0.29) is 17.5 Å². The van der Waals surface area contributed by atoms with Crippen LogP contribution in [0, 0.1) is 11.6 Å². The van der Waals surface area contributed by atoms with E-state index in [9.17, 15) is 13.6 Å². The molecule has 0 saturated heterocycles. The van der Waals surface area contributed by atoms with Crippen molar-refractivity contribution < 1.29 is 13.6 Å². The number of benzene rings is 1. The Hall–Kier alpha value is -2.17. The molecule has 0 N–H and O–H groups in total. The van der Waals surface area contributed by atoms with Crippen molar-refractivity contribution in [3.63, 3.8) is 0 Å². The molecular formula is C12H8F2N2O. The van der Waals surface area contributed by atoms with Crippen LogP contribution in [0.15, 0.2) is 36.9 Å². The minimum atomic E-state index is -0.727. The van der Waals surface area contributed by atoms with Gasteiger partial charge in [0.15, 0.2) is 5.78 Å². The molecule has 86 valence electrons. The van der Waals surface area contributed by atoms with Gasteiger partial charge in [0, 0.05) is 24.4 Å². The molecule has 2 aromatic rings. The van der Waals surface area contributed by atoms with Gasteiger partial charge in [-0.05, 0) is 12.1 Å². The first kappa shape index (κ1) is 11.3. The van der Waals surface area contributed by atoms with Crippen molar-refractivity contribution in [1.29, 1.82) is 0 Å². The lowest BCUT2D eigenvalue weighted by molar-refractivity contribution is 0.0990. The molecule has 0 amide bonds. The van der Waals surface area contributed by atoms with E-state index in [1.54, 1.807) is 0 Å². The van der Waals surface area contributed by atoms with Crippen LogP contribution in [0.25, 0.3) is 0 Å². The summed E-state index contributed by atoms with van der Waals surface area (Å²) in [5, 5.41) is 0. The van der Waals surface area contributed by atoms with E-state index < -0.39 is 17.4 Å². The number of hydrogen-bond acceptors (Lipinski definition) is 3. The largest absolute Gasteiger partial charge is 0.294 e. The average Bonchev–Trinajstić information content (AvgIpc) is 2.35. The minimum absolute atomic E-state index is 0.232. The third-order valence-electron chi connectivity index (χ3n) is 2.28. The third-order valence-corrected chi connectivity index (χ3v) is 2.28. The molecule has 0 aliphatic carbocycles. The Balaban J connectivity index is 2.25. The van der Waals surface area contributed by atoms with Crippen molar-refractivity contribution in [2.45, 2.75) is 6.42 Å². The molecule has 0 spiro atoms. The maximum atomic E-state index is 13.3. The number of halogens is 2. The monoisotopic (exact) mass is 234 g/mol. The zero-order valence-electron chi connectivity index (χ0n) is 8.73. The molecular weight excluding hydrogens is 226 g/mol. The number of ketones is 1. The molecule has 0 unspecified atom stereocenters. The van der Waals surface area contributed by atoms with E-state index in [1.165, 1.54) is 24.8 Å². The molecule has 0 bridgehead atoms. The zero-order valence-corrected chi connectivity index (χ0v) is 8.73. The highest BCUT2D eigenvalue weighted by Gasteiger charge is 2.14. The van der Waals surface area contributed by atoms with Crippen LogP contribution in [-0.4, -0.2) is 15.8 Å². The van der Waals surface area contributed by atoms with Crippen molar-refractivity contribution in [2.24, 2.45) is 0 Å². The number of rotatable bonds is 3. The van der Waals surface area contributed by atoms with Crippen LogP contribution >= 0.6 is 0 Å². The summed E-state index contributed by atoms with van der Waals surface area (Å²) in [6.07, 6.45) is 3.56. The third kappa shape index (κ3) is 2.50. The Bertz CT molecular complexity index is 523. The predicted molar refractivity (Wildman–Crippen MR) is 56.4 cm³/mol. The van der Waals surface area contributed by atoms with E-state index in [0.717, 1.165) is 12.1 Å². The summed E-state index contributed by atoms with van der Waals surface area (Å²) in [5.41, 5.74) is -0.00324. The van der Waals surface area contributed by atoms with E-state index in [1.807, 2.05) is 0 Å². The topological polar surface area (TPSA) is 42.9 Å². The van der Waals surface area contributed by atoms with Crippen LogP contribution in [0.1, 0.15) is 15.9 Å². The fourth-order valence-electron chi connectivity index (χ4n) is 1.41. The van der Waals surface area contributed by atoms with Crippen molar-refractivity contribution in [3.8, 4) is 0 Å². The Morgan fingerprint density at radius 1 is 1.12 bits per heavy atom. The standard InChI is InChI=1S/C12H8F2N2O/c13-10-2-1-3-11(14)9(10)4-12(17)8-5-15-7-16-6-8/h1-3,5-7H,4H2. The van der Waals surface area contributed by atoms with Gasteiger partial charge in [-0.2, -0.15) is 0 Å². The van der Waals surface area contributed by atoms with Gasteiger partial charge in [-0.15, -0.1) is 0 Å². The first-order valence-electron chi connectivity index (χ1n) is 4.89. The van der Waals surface area contributed by atoms with Gasteiger partial charge >= 0.3 is 0 Å². The van der Waals surface area contributed by atoms with Crippen molar-refractivity contribution in [2.75, 3.05) is 0 Å². The molecule has 0 atom stereocenters. The molecule has 2 rings (SSSR count). The SMILES string of the molecule is O=C(Cc1c(F)cccc1F)c1cncnc1. The minimum Gasteiger partial charge on any atom is -0.294 e. The Labute approximate surface area is 96.2 Å². The van der Waals surface area contributed by atoms with Crippen molar-refractivity contribution in [1.82, 2.24) is 9.97 Å². The van der Waals surface area contributed by atoms with Gasteiger partial charge in [-0.25, -0.2) is 18.7 Å². The van der Waals surface area contributed by atoms with Gasteiger partial charge < -0.3 is 0 Å². The van der Waals surface area contributed by atoms with Gasteiger partial charge in [0.05, 0.1) is 5.56 Å². The summed E-state index contributed by atoms with van der Waals surface area (Å²) in [6, 6.07) is 3.49. The summed E-state index contributed by atoms with van der Waals surface area (Å²) in [6.45, 7) is 0. The maximum absolute atomic E-state index is 13.3. The van der Waals surface area contributed by atoms with Gasteiger partial charge in [0.25, 0.3) is 0 Å². The molecule has 1 aromatic carbocycles. The van der Waals surface area contributed by atoms with Crippen LogP contribution in [0.2, 0.25) is 0 Å². The second-order valence-electron chi connectivity index (χ2n) is 3.43. The first-order chi connectivity index (χ1) is 8.18. The molecule has 5 heteroatoms. The molecule has 0 saturated carbocycles. The second-order valence-corrected chi connectivity index (χ2v) is 3.43. The fourth-order valence-corrected chi connectivity index (χ4v) is 1.41. The summed E-state index contributed by atoms with van der Waals surface area (Å²) in [5.74, 6) is -1.88. The van der Waals surface area contributed by atoms with Gasteiger partial charge in [-0.1, -0.05) is 6.07 Å². The molecule has 0 fully saturated rings. The van der Waals surface area contributed by atoms with E-state index in [2.05, 4.69) is 9.97 Å². The van der Waals surface area contributed by atoms with E-state index in [0.29, 0.717) is 0 Å². The highest BCUT2D eigenvalue weighted by atomic mass is 19.1. The number of Topliss-reactive ketones (excluding diaryl/α,β-unsaturated/α-hetero) is 1. The Kier molecular flexibility index (Phi) is 3.18. The fraction of sp³-hybridized carbons (Fsp3) is 0.0833. The molecule has 1 heterocycles. The Morgan fingerprint density at radius 2 is 1.71 bits per heavy atom. The summed E-state index contributed by atoms with van der Waals surface area (Å²) < 4.78 is 26.6. The maximum Gasteiger partial charge on any atom is 0.170 e. The first-order valence-corrected chi connectivity index (χ1v) is 4.89. The van der Waals surface area contributed by atoms with E-state index >= 15 is 0 Å². The number of carbonyl (C=O) groups excluding carboxylic acids is 1. The highest BCUT2D eigenvalue weighted by Crippen LogP contribution is 2.14. The quantitative estimate of drug-likeness (QED) is 0.764. The van der Waals surface area contributed by atoms with Crippen LogP contribution in [0.4, 0.5) is 8.78 Å². The zero-order chi connectivity index (χ0) is 12.3. The summed E-state index contributed by atoms with van der Waals surface area (Å²) >= 11 is 0. The number of nitrogens with zero attached hydrogens (tertiary/aromatic N) is 2. The average molecular weight is 234 g/mol. The summed E-state index contributed by atoms with van der Waals surface area (Å²) in [7, 11) is 0. The molecule has 0 radical (unpaired) electrons. The second kappa shape index (κ2) is 4.78. The molecule has 0 aliphatic heterocycles. The van der Waals surface area contributed by atoms with E-state index in [4.69, 9.17) is 0 Å². The number of hydrogen-bond donors (Lipinski definition) is 0. The summed E-state index contributed by atoms with van der Waals surface area (Å²) in [4.78, 5) is 19.1. The number of aromatic nitrogens is 2. The molecule has 17 heavy (non-hydrogen) atoms. The predicted octanol–water partition coefficient (Wildman–Crippen LogP) is 2.18. The van der Waals surface area contributed by atoms with Crippen LogP contribution in [-0.2, 0) is 6.42 Å². The van der Waals surface area contributed by atoms with Crippen LogP contribution in [0.3, 0.4) is 0 Å². The number of carbonyl (C=O) groups is 1. The van der Waals surface area contributed by atoms with Gasteiger partial charge in [0.1, 0.15) is 18.0 Å². The lowest BCUT2D eigenvalue weighted by atomic mass is 10.0. The normalized spacial score (nSPS) is 10.2. The highest BCUT2D eigenvalue weighted by molar-refractivity contribution is 5.96. The smallest absolute Gasteiger partial charge is 0.170 e. The Morgan fingerprint density at radius 3 is 2.29 bits per heavy atom. The van der Waals surface area contributed by atoms with Crippen LogP contribution in [0.5, 0.6) is 0 Å². The lowest BCUT2D eigenvalue weighted by Crippen LogP contribution is -2.08.